The first-order valence-electron chi connectivity index (χ1n) is 15.4. The highest BCUT2D eigenvalue weighted by Crippen LogP contribution is 2.38. The van der Waals surface area contributed by atoms with E-state index in [-0.39, 0.29) is 18.0 Å². The van der Waals surface area contributed by atoms with Crippen molar-refractivity contribution in [3.63, 3.8) is 0 Å². The summed E-state index contributed by atoms with van der Waals surface area (Å²) in [6.07, 6.45) is 11.2. The minimum Gasteiger partial charge on any atom is -0.618 e. The molecule has 10 heteroatoms. The second-order valence-electron chi connectivity index (χ2n) is 11.7. The lowest BCUT2D eigenvalue weighted by molar-refractivity contribution is -0.406. The summed E-state index contributed by atoms with van der Waals surface area (Å²) in [6.45, 7) is 5.87. The number of fused-ring (bicyclic) bond motifs is 3. The number of amides is 1. The molecule has 6 rings (SSSR count). The number of nitrogens with one attached hydrogen (secondary N) is 1. The van der Waals surface area contributed by atoms with Crippen molar-refractivity contribution in [1.29, 1.82) is 0 Å². The molecule has 2 aromatic carbocycles. The number of rotatable bonds is 10. The molecule has 0 spiro atoms. The summed E-state index contributed by atoms with van der Waals surface area (Å²) >= 11 is 2.29. The van der Waals surface area contributed by atoms with Gasteiger partial charge in [0, 0.05) is 21.5 Å². The van der Waals surface area contributed by atoms with Crippen LogP contribution < -0.4 is 24.4 Å². The van der Waals surface area contributed by atoms with Gasteiger partial charge in [-0.2, -0.15) is 4.74 Å². The number of allylic oxidation sites excluding steroid dienone is 2. The summed E-state index contributed by atoms with van der Waals surface area (Å²) in [7, 11) is 1.62. The van der Waals surface area contributed by atoms with Crippen molar-refractivity contribution >= 4 is 46.1 Å². The maximum Gasteiger partial charge on any atom is 0.262 e. The third-order valence-electron chi connectivity index (χ3n) is 8.61. The lowest BCUT2D eigenvalue weighted by atomic mass is 9.92. The Morgan fingerprint density at radius 3 is 2.73 bits per heavy atom. The average Bonchev–Trinajstić information content (AvgIpc) is 3.25. The van der Waals surface area contributed by atoms with Gasteiger partial charge in [0.2, 0.25) is 6.21 Å². The monoisotopic (exact) mass is 710 g/mol. The van der Waals surface area contributed by atoms with Crippen LogP contribution >= 0.6 is 22.6 Å². The van der Waals surface area contributed by atoms with Gasteiger partial charge in [-0.15, -0.1) is 0 Å². The number of hydrogen-bond acceptors (Lipinski definition) is 6. The van der Waals surface area contributed by atoms with Gasteiger partial charge in [-0.25, -0.2) is 0 Å². The first-order chi connectivity index (χ1) is 21.3. The van der Waals surface area contributed by atoms with Crippen LogP contribution in [0.1, 0.15) is 67.1 Å². The Kier molecular flexibility index (Phi) is 9.06. The molecule has 2 aliphatic heterocycles. The van der Waals surface area contributed by atoms with Gasteiger partial charge in [-0.1, -0.05) is 0 Å². The molecular weight excluding hydrogens is 671 g/mol. The number of halogens is 1. The summed E-state index contributed by atoms with van der Waals surface area (Å²) in [5.41, 5.74) is 5.02. The fourth-order valence-electron chi connectivity index (χ4n) is 6.40. The van der Waals surface area contributed by atoms with Crippen molar-refractivity contribution in [2.75, 3.05) is 30.5 Å². The minimum absolute atomic E-state index is 0.0345. The number of unbranched alkanes of at least 4 members (excludes halogenated alkanes) is 2. The molecule has 3 aliphatic rings. The number of hydrogen-bond donors (Lipinski definition) is 1. The maximum absolute atomic E-state index is 13.6. The van der Waals surface area contributed by atoms with E-state index in [1.807, 2.05) is 55.3 Å². The van der Waals surface area contributed by atoms with E-state index in [1.54, 1.807) is 13.3 Å². The van der Waals surface area contributed by atoms with Crippen LogP contribution in [0.2, 0.25) is 0 Å². The van der Waals surface area contributed by atoms with Crippen LogP contribution in [-0.4, -0.2) is 47.9 Å². The number of methoxy groups -OCH3 is 1. The lowest BCUT2D eigenvalue weighted by Gasteiger charge is -2.36. The molecule has 0 saturated carbocycles. The second-order valence-corrected chi connectivity index (χ2v) is 12.9. The molecule has 3 aromatic rings. The highest BCUT2D eigenvalue weighted by atomic mass is 127. The predicted octanol–water partition coefficient (Wildman–Crippen LogP) is 7.08. The number of aromatic nitrogens is 1. The number of benzene rings is 2. The molecule has 0 saturated heterocycles. The van der Waals surface area contributed by atoms with E-state index in [1.165, 1.54) is 0 Å². The largest absolute Gasteiger partial charge is 0.618 e. The first kappa shape index (κ1) is 30.4. The summed E-state index contributed by atoms with van der Waals surface area (Å²) < 4.78 is 22.1. The van der Waals surface area contributed by atoms with E-state index in [0.29, 0.717) is 36.0 Å². The van der Waals surface area contributed by atoms with E-state index in [9.17, 15) is 10.0 Å². The Balaban J connectivity index is 1.00. The predicted molar refractivity (Wildman–Crippen MR) is 180 cm³/mol. The van der Waals surface area contributed by atoms with Gasteiger partial charge in [0.05, 0.1) is 38.0 Å². The summed E-state index contributed by atoms with van der Waals surface area (Å²) in [4.78, 5) is 15.4. The highest BCUT2D eigenvalue weighted by molar-refractivity contribution is 14.1. The number of hydroxylamine groups is 1. The van der Waals surface area contributed by atoms with Crippen molar-refractivity contribution in [1.82, 2.24) is 4.57 Å². The number of aryl methyl sites for hydroxylation is 1. The number of carbonyl (C=O) groups excluding carboxylic acids is 1. The Hall–Kier alpha value is -3.67. The molecule has 0 bridgehead atoms. The number of carbonyl (C=O) groups is 1. The van der Waals surface area contributed by atoms with Crippen molar-refractivity contribution < 1.29 is 23.7 Å². The molecule has 1 aromatic heterocycles. The third-order valence-corrected chi connectivity index (χ3v) is 9.28. The van der Waals surface area contributed by atoms with E-state index >= 15 is 0 Å². The Labute approximate surface area is 272 Å². The standard InChI is InChI=1S/C34H39IN4O5/c1-22-17-25(35)11-14-29(22)39-23(2)36-28-13-12-26(18-27(28)34(39)40)43-15-7-4-8-16-44-32-21-37-19-24-9-5-6-10-30(24)38(41)20-31(37)33(32)42-3/h10-14,17-18,20-21,23-24,36H,4-9,15-16,19H2,1-3H3/t23?,24-/m0/s1. The van der Waals surface area contributed by atoms with Crippen LogP contribution in [0.15, 0.2) is 54.4 Å². The molecule has 1 amide bonds. The zero-order valence-corrected chi connectivity index (χ0v) is 27.6. The zero-order valence-electron chi connectivity index (χ0n) is 25.5. The Morgan fingerprint density at radius 2 is 1.93 bits per heavy atom. The zero-order chi connectivity index (χ0) is 30.8. The molecule has 3 heterocycles. The van der Waals surface area contributed by atoms with Crippen molar-refractivity contribution in [3.05, 3.63) is 80.0 Å². The van der Waals surface area contributed by atoms with Crippen LogP contribution in [0.5, 0.6) is 17.2 Å². The fourth-order valence-corrected chi connectivity index (χ4v) is 7.04. The molecule has 2 atom stereocenters. The maximum atomic E-state index is 13.6. The van der Waals surface area contributed by atoms with Crippen LogP contribution in [0, 0.1) is 21.6 Å². The van der Waals surface area contributed by atoms with Gasteiger partial charge in [0.1, 0.15) is 11.9 Å². The normalized spacial score (nSPS) is 19.1. The fraction of sp³-hybridized carbons (Fsp3) is 0.412. The molecule has 0 radical (unpaired) electrons. The number of ether oxygens (including phenoxy) is 3. The van der Waals surface area contributed by atoms with Crippen LogP contribution in [0.25, 0.3) is 0 Å². The second kappa shape index (κ2) is 13.1. The van der Waals surface area contributed by atoms with Crippen LogP contribution in [0.4, 0.5) is 11.4 Å². The van der Waals surface area contributed by atoms with Crippen molar-refractivity contribution in [2.45, 2.75) is 65.1 Å². The molecule has 1 N–H and O–H groups in total. The van der Waals surface area contributed by atoms with Gasteiger partial charge in [-0.05, 0) is 123 Å². The van der Waals surface area contributed by atoms with Gasteiger partial charge in [0.25, 0.3) is 5.91 Å². The smallest absolute Gasteiger partial charge is 0.262 e. The lowest BCUT2D eigenvalue weighted by Crippen LogP contribution is -2.47. The molecule has 9 nitrogen and oxygen atoms in total. The third kappa shape index (κ3) is 6.13. The van der Waals surface area contributed by atoms with Gasteiger partial charge < -0.3 is 29.3 Å². The van der Waals surface area contributed by atoms with Crippen molar-refractivity contribution in [2.24, 2.45) is 5.92 Å². The van der Waals surface area contributed by atoms with E-state index < -0.39 is 0 Å². The Bertz CT molecular complexity index is 1610. The van der Waals surface area contributed by atoms with Crippen molar-refractivity contribution in [3.8, 4) is 17.2 Å². The van der Waals surface area contributed by atoms with E-state index in [0.717, 1.165) is 81.7 Å². The van der Waals surface area contributed by atoms with Crippen LogP contribution in [-0.2, 0) is 6.54 Å². The van der Waals surface area contributed by atoms with E-state index in [2.05, 4.69) is 44.6 Å². The molecule has 1 aliphatic carbocycles. The first-order valence-corrected chi connectivity index (χ1v) is 16.5. The van der Waals surface area contributed by atoms with Gasteiger partial charge in [0.15, 0.2) is 22.9 Å². The SMILES string of the molecule is COc1c(OCCCCCOc2ccc3c(c2)C(=O)N(c2ccc(I)cc2C)C(C)N3)cn2c1C=[N+]([O-])C1=CCCC[C@H]1C2. The minimum atomic E-state index is -0.161. The van der Waals surface area contributed by atoms with E-state index in [4.69, 9.17) is 14.2 Å². The van der Waals surface area contributed by atoms with Gasteiger partial charge >= 0.3 is 0 Å². The molecule has 232 valence electrons. The highest BCUT2D eigenvalue weighted by Gasteiger charge is 2.33. The van der Waals surface area contributed by atoms with Gasteiger partial charge in [-0.3, -0.25) is 9.69 Å². The topological polar surface area (TPSA) is 91.0 Å². The summed E-state index contributed by atoms with van der Waals surface area (Å²) in [5, 5.41) is 16.3. The number of anilines is 2. The molecule has 1 unspecified atom stereocenters. The Morgan fingerprint density at radius 1 is 1.11 bits per heavy atom. The molecular formula is C34H39IN4O5. The molecule has 44 heavy (non-hydrogen) atoms. The summed E-state index contributed by atoms with van der Waals surface area (Å²) in [5.74, 6) is 2.14. The molecule has 0 fully saturated rings. The quantitative estimate of drug-likeness (QED) is 0.105. The summed E-state index contributed by atoms with van der Waals surface area (Å²) in [6, 6.07) is 11.8. The number of nitrogens with zero attached hydrogens (tertiary/aromatic N) is 3. The van der Waals surface area contributed by atoms with Crippen LogP contribution in [0.3, 0.4) is 0 Å². The average molecular weight is 711 g/mol.